The van der Waals surface area contributed by atoms with Crippen LogP contribution in [0.4, 0.5) is 0 Å². The normalized spacial score (nSPS) is 14.8. The summed E-state index contributed by atoms with van der Waals surface area (Å²) < 4.78 is 5.64. The molecule has 0 bridgehead atoms. The van der Waals surface area contributed by atoms with Gasteiger partial charge in [-0.3, -0.25) is 0 Å². The molecule has 0 amide bonds. The molecule has 4 heteroatoms. The SMILES string of the molecule is Cc1ccccc1CCc1nnc(CNC2CC2)o1. The van der Waals surface area contributed by atoms with E-state index in [0.717, 1.165) is 18.7 Å². The lowest BCUT2D eigenvalue weighted by molar-refractivity contribution is 0.431. The summed E-state index contributed by atoms with van der Waals surface area (Å²) in [5.41, 5.74) is 2.66. The van der Waals surface area contributed by atoms with E-state index < -0.39 is 0 Å². The zero-order valence-corrected chi connectivity index (χ0v) is 11.2. The second-order valence-electron chi connectivity index (χ2n) is 5.17. The fourth-order valence-corrected chi connectivity index (χ4v) is 2.11. The van der Waals surface area contributed by atoms with E-state index in [2.05, 4.69) is 46.7 Å². The van der Waals surface area contributed by atoms with Gasteiger partial charge < -0.3 is 9.73 Å². The van der Waals surface area contributed by atoms with Gasteiger partial charge in [0, 0.05) is 12.5 Å². The van der Waals surface area contributed by atoms with Crippen LogP contribution in [0.15, 0.2) is 28.7 Å². The van der Waals surface area contributed by atoms with Crippen molar-refractivity contribution >= 4 is 0 Å². The lowest BCUT2D eigenvalue weighted by Gasteiger charge is -2.02. The van der Waals surface area contributed by atoms with Gasteiger partial charge in [-0.05, 0) is 37.3 Å². The first kappa shape index (κ1) is 12.4. The van der Waals surface area contributed by atoms with Gasteiger partial charge >= 0.3 is 0 Å². The Labute approximate surface area is 113 Å². The highest BCUT2D eigenvalue weighted by molar-refractivity contribution is 5.25. The Bertz CT molecular complexity index is 546. The largest absolute Gasteiger partial charge is 0.424 e. The Morgan fingerprint density at radius 1 is 1.16 bits per heavy atom. The molecule has 1 heterocycles. The van der Waals surface area contributed by atoms with Crippen molar-refractivity contribution in [2.75, 3.05) is 0 Å². The smallest absolute Gasteiger partial charge is 0.230 e. The summed E-state index contributed by atoms with van der Waals surface area (Å²) in [4.78, 5) is 0. The molecular weight excluding hydrogens is 238 g/mol. The minimum absolute atomic E-state index is 0.669. The molecule has 1 aliphatic carbocycles. The van der Waals surface area contributed by atoms with Gasteiger partial charge in [0.05, 0.1) is 6.54 Å². The quantitative estimate of drug-likeness (QED) is 0.863. The van der Waals surface area contributed by atoms with Crippen LogP contribution < -0.4 is 5.32 Å². The highest BCUT2D eigenvalue weighted by atomic mass is 16.4. The Balaban J connectivity index is 1.53. The molecule has 0 radical (unpaired) electrons. The summed E-state index contributed by atoms with van der Waals surface area (Å²) in [6.45, 7) is 2.83. The first-order valence-corrected chi connectivity index (χ1v) is 6.90. The van der Waals surface area contributed by atoms with Gasteiger partial charge in [0.15, 0.2) is 0 Å². The zero-order valence-electron chi connectivity index (χ0n) is 11.2. The summed E-state index contributed by atoms with van der Waals surface area (Å²) in [6.07, 6.45) is 4.30. The molecule has 100 valence electrons. The van der Waals surface area contributed by atoms with Crippen LogP contribution >= 0.6 is 0 Å². The van der Waals surface area contributed by atoms with E-state index >= 15 is 0 Å². The van der Waals surface area contributed by atoms with Gasteiger partial charge in [-0.2, -0.15) is 0 Å². The maximum atomic E-state index is 5.64. The third kappa shape index (κ3) is 3.41. The average molecular weight is 257 g/mol. The number of hydrogen-bond acceptors (Lipinski definition) is 4. The fraction of sp³-hybridized carbons (Fsp3) is 0.467. The van der Waals surface area contributed by atoms with Crippen LogP contribution in [0.1, 0.15) is 35.7 Å². The maximum Gasteiger partial charge on any atom is 0.230 e. The van der Waals surface area contributed by atoms with Crippen LogP contribution in [0.2, 0.25) is 0 Å². The number of nitrogens with zero attached hydrogens (tertiary/aromatic N) is 2. The summed E-state index contributed by atoms with van der Waals surface area (Å²) in [6, 6.07) is 9.09. The van der Waals surface area contributed by atoms with Gasteiger partial charge in [-0.1, -0.05) is 24.3 Å². The number of aromatic nitrogens is 2. The van der Waals surface area contributed by atoms with Crippen LogP contribution in [0.3, 0.4) is 0 Å². The summed E-state index contributed by atoms with van der Waals surface area (Å²) in [5.74, 6) is 1.43. The van der Waals surface area contributed by atoms with E-state index in [4.69, 9.17) is 4.42 Å². The summed E-state index contributed by atoms with van der Waals surface area (Å²) in [7, 11) is 0. The number of aryl methyl sites for hydroxylation is 3. The van der Waals surface area contributed by atoms with Crippen molar-refractivity contribution in [2.45, 2.75) is 45.2 Å². The Morgan fingerprint density at radius 2 is 1.95 bits per heavy atom. The predicted molar refractivity (Wildman–Crippen MR) is 72.7 cm³/mol. The molecule has 19 heavy (non-hydrogen) atoms. The molecule has 1 aromatic carbocycles. The molecule has 3 rings (SSSR count). The van der Waals surface area contributed by atoms with Crippen molar-refractivity contribution in [3.05, 3.63) is 47.2 Å². The summed E-state index contributed by atoms with van der Waals surface area (Å²) >= 11 is 0. The second kappa shape index (κ2) is 5.53. The van der Waals surface area contributed by atoms with Gasteiger partial charge in [0.1, 0.15) is 0 Å². The van der Waals surface area contributed by atoms with Gasteiger partial charge in [0.25, 0.3) is 0 Å². The second-order valence-corrected chi connectivity index (χ2v) is 5.17. The number of rotatable bonds is 6. The maximum absolute atomic E-state index is 5.64. The Kier molecular flexibility index (Phi) is 3.60. The molecule has 1 saturated carbocycles. The molecule has 1 N–H and O–H groups in total. The molecule has 1 aliphatic rings. The van der Waals surface area contributed by atoms with Gasteiger partial charge in [0.2, 0.25) is 11.8 Å². The van der Waals surface area contributed by atoms with Crippen LogP contribution in [0.5, 0.6) is 0 Å². The highest BCUT2D eigenvalue weighted by Crippen LogP contribution is 2.19. The van der Waals surface area contributed by atoms with Crippen molar-refractivity contribution in [3.8, 4) is 0 Å². The average Bonchev–Trinajstić information content (AvgIpc) is 3.14. The molecule has 0 saturated heterocycles. The monoisotopic (exact) mass is 257 g/mol. The molecular formula is C15H19N3O. The third-order valence-electron chi connectivity index (χ3n) is 3.50. The molecule has 0 unspecified atom stereocenters. The van der Waals surface area contributed by atoms with E-state index in [1.54, 1.807) is 0 Å². The molecule has 1 aromatic heterocycles. The van der Waals surface area contributed by atoms with Crippen molar-refractivity contribution in [3.63, 3.8) is 0 Å². The number of nitrogens with one attached hydrogen (secondary N) is 1. The molecule has 4 nitrogen and oxygen atoms in total. The Hall–Kier alpha value is -1.68. The first-order chi connectivity index (χ1) is 9.31. The van der Waals surface area contributed by atoms with E-state index in [0.29, 0.717) is 18.5 Å². The highest BCUT2D eigenvalue weighted by Gasteiger charge is 2.21. The standard InChI is InChI=1S/C15H19N3O/c1-11-4-2-3-5-12(11)6-9-14-17-18-15(19-14)10-16-13-7-8-13/h2-5,13,16H,6-10H2,1H3. The number of benzene rings is 1. The van der Waals surface area contributed by atoms with E-state index in [1.165, 1.54) is 24.0 Å². The van der Waals surface area contributed by atoms with Crippen LogP contribution in [-0.4, -0.2) is 16.2 Å². The van der Waals surface area contributed by atoms with Crippen molar-refractivity contribution in [1.29, 1.82) is 0 Å². The van der Waals surface area contributed by atoms with Crippen LogP contribution in [-0.2, 0) is 19.4 Å². The minimum atomic E-state index is 0.669. The van der Waals surface area contributed by atoms with E-state index in [1.807, 2.05) is 0 Å². The molecule has 0 spiro atoms. The van der Waals surface area contributed by atoms with Gasteiger partial charge in [-0.25, -0.2) is 0 Å². The van der Waals surface area contributed by atoms with E-state index in [9.17, 15) is 0 Å². The summed E-state index contributed by atoms with van der Waals surface area (Å²) in [5, 5.41) is 11.5. The van der Waals surface area contributed by atoms with Crippen molar-refractivity contribution in [1.82, 2.24) is 15.5 Å². The lowest BCUT2D eigenvalue weighted by Crippen LogP contribution is -2.15. The fourth-order valence-electron chi connectivity index (χ4n) is 2.11. The zero-order chi connectivity index (χ0) is 13.1. The van der Waals surface area contributed by atoms with Crippen molar-refractivity contribution < 1.29 is 4.42 Å². The number of hydrogen-bond donors (Lipinski definition) is 1. The molecule has 0 atom stereocenters. The Morgan fingerprint density at radius 3 is 2.74 bits per heavy atom. The lowest BCUT2D eigenvalue weighted by atomic mass is 10.0. The molecule has 1 fully saturated rings. The minimum Gasteiger partial charge on any atom is -0.424 e. The third-order valence-corrected chi connectivity index (χ3v) is 3.50. The molecule has 0 aliphatic heterocycles. The predicted octanol–water partition coefficient (Wildman–Crippen LogP) is 2.42. The van der Waals surface area contributed by atoms with Gasteiger partial charge in [-0.15, -0.1) is 10.2 Å². The van der Waals surface area contributed by atoms with Crippen LogP contribution in [0, 0.1) is 6.92 Å². The molecule has 2 aromatic rings. The topological polar surface area (TPSA) is 51.0 Å². The van der Waals surface area contributed by atoms with E-state index in [-0.39, 0.29) is 0 Å². The van der Waals surface area contributed by atoms with Crippen molar-refractivity contribution in [2.24, 2.45) is 0 Å². The first-order valence-electron chi connectivity index (χ1n) is 6.90. The van der Waals surface area contributed by atoms with Crippen LogP contribution in [0.25, 0.3) is 0 Å².